The Labute approximate surface area is 166 Å². The molecule has 0 bridgehead atoms. The highest BCUT2D eigenvalue weighted by molar-refractivity contribution is 5.90. The van der Waals surface area contributed by atoms with Gasteiger partial charge in [0.1, 0.15) is 12.7 Å². The number of hydrogen-bond donors (Lipinski definition) is 1. The minimum atomic E-state index is -0.896. The van der Waals surface area contributed by atoms with E-state index in [1.54, 1.807) is 0 Å². The molecule has 1 aliphatic heterocycles. The number of ether oxygens (including phenoxy) is 2. The number of cyclic esters (lactones) is 1. The van der Waals surface area contributed by atoms with Gasteiger partial charge in [0.25, 0.3) is 0 Å². The third-order valence-corrected chi connectivity index (χ3v) is 7.49. The number of carboxylic acid groups (broad SMARTS) is 1. The maximum absolute atomic E-state index is 12.0. The summed E-state index contributed by atoms with van der Waals surface area (Å²) in [5.41, 5.74) is 0.273. The van der Waals surface area contributed by atoms with Crippen molar-refractivity contribution < 1.29 is 29.0 Å². The Morgan fingerprint density at radius 3 is 2.61 bits per heavy atom. The molecule has 1 fully saturated rings. The molecule has 0 saturated heterocycles. The fourth-order valence-electron chi connectivity index (χ4n) is 5.87. The highest BCUT2D eigenvalue weighted by Crippen LogP contribution is 2.62. The van der Waals surface area contributed by atoms with Gasteiger partial charge in [0, 0.05) is 23.5 Å². The molecule has 28 heavy (non-hydrogen) atoms. The highest BCUT2D eigenvalue weighted by Gasteiger charge is 2.59. The van der Waals surface area contributed by atoms with Crippen LogP contribution in [0.15, 0.2) is 23.3 Å². The van der Waals surface area contributed by atoms with Gasteiger partial charge >= 0.3 is 17.9 Å². The molecular weight excluding hydrogens is 360 g/mol. The van der Waals surface area contributed by atoms with Crippen molar-refractivity contribution in [2.75, 3.05) is 6.61 Å². The van der Waals surface area contributed by atoms with Crippen molar-refractivity contribution in [2.24, 2.45) is 22.7 Å². The second kappa shape index (κ2) is 7.37. The molecule has 3 aliphatic rings. The number of carbonyl (C=O) groups excluding carboxylic acids is 2. The van der Waals surface area contributed by atoms with Crippen LogP contribution in [0.4, 0.5) is 0 Å². The summed E-state index contributed by atoms with van der Waals surface area (Å²) in [6.45, 7) is 7.98. The molecule has 6 nitrogen and oxygen atoms in total. The summed E-state index contributed by atoms with van der Waals surface area (Å²) in [6, 6.07) is 0. The van der Waals surface area contributed by atoms with Gasteiger partial charge in [0.2, 0.25) is 0 Å². The first-order valence-electron chi connectivity index (χ1n) is 10.1. The van der Waals surface area contributed by atoms with Crippen LogP contribution in [-0.4, -0.2) is 35.7 Å². The average molecular weight is 390 g/mol. The van der Waals surface area contributed by atoms with E-state index < -0.39 is 11.4 Å². The van der Waals surface area contributed by atoms with E-state index in [-0.39, 0.29) is 35.3 Å². The molecule has 0 radical (unpaired) electrons. The summed E-state index contributed by atoms with van der Waals surface area (Å²) < 4.78 is 10.7. The van der Waals surface area contributed by atoms with E-state index >= 15 is 0 Å². The number of aliphatic carboxylic acids is 1. The zero-order valence-corrected chi connectivity index (χ0v) is 17.1. The Kier molecular flexibility index (Phi) is 5.43. The van der Waals surface area contributed by atoms with Crippen LogP contribution < -0.4 is 0 Å². The number of esters is 2. The molecule has 154 valence electrons. The zero-order valence-electron chi connectivity index (χ0n) is 17.1. The molecule has 1 N–H and O–H groups in total. The monoisotopic (exact) mass is 390 g/mol. The first kappa shape index (κ1) is 20.6. The molecule has 5 atom stereocenters. The third-order valence-electron chi connectivity index (χ3n) is 7.49. The van der Waals surface area contributed by atoms with Crippen molar-refractivity contribution >= 4 is 17.9 Å². The zero-order chi connectivity index (χ0) is 20.7. The van der Waals surface area contributed by atoms with Gasteiger partial charge in [0.05, 0.1) is 0 Å². The maximum atomic E-state index is 12.0. The number of fused-ring (bicyclic) bond motifs is 1. The molecular formula is C22H30O6. The fourth-order valence-corrected chi connectivity index (χ4v) is 5.87. The van der Waals surface area contributed by atoms with Crippen LogP contribution in [0, 0.1) is 22.7 Å². The Bertz CT molecular complexity index is 750. The summed E-state index contributed by atoms with van der Waals surface area (Å²) in [5, 5.41) is 9.84. The third kappa shape index (κ3) is 3.38. The molecule has 0 unspecified atom stereocenters. The van der Waals surface area contributed by atoms with E-state index in [1.165, 1.54) is 6.92 Å². The normalized spacial score (nSPS) is 37.4. The average Bonchev–Trinajstić information content (AvgIpc) is 3.02. The van der Waals surface area contributed by atoms with Crippen LogP contribution in [0.5, 0.6) is 0 Å². The molecule has 0 amide bonds. The van der Waals surface area contributed by atoms with E-state index in [0.717, 1.165) is 19.3 Å². The summed E-state index contributed by atoms with van der Waals surface area (Å²) in [5.74, 6) is -1.31. The summed E-state index contributed by atoms with van der Waals surface area (Å²) in [7, 11) is 0. The molecule has 0 aromatic heterocycles. The van der Waals surface area contributed by atoms with Crippen molar-refractivity contribution in [1.82, 2.24) is 0 Å². The van der Waals surface area contributed by atoms with Gasteiger partial charge in [-0.15, -0.1) is 0 Å². The minimum absolute atomic E-state index is 0.0562. The molecule has 6 heteroatoms. The lowest BCUT2D eigenvalue weighted by atomic mass is 9.46. The quantitative estimate of drug-likeness (QED) is 0.721. The van der Waals surface area contributed by atoms with Crippen LogP contribution in [0.2, 0.25) is 0 Å². The number of carboxylic acids is 1. The largest absolute Gasteiger partial charge is 0.478 e. The van der Waals surface area contributed by atoms with Crippen LogP contribution in [0.1, 0.15) is 59.8 Å². The van der Waals surface area contributed by atoms with Crippen molar-refractivity contribution in [3.8, 4) is 0 Å². The predicted molar refractivity (Wildman–Crippen MR) is 102 cm³/mol. The number of allylic oxidation sites excluding steroid dienone is 1. The summed E-state index contributed by atoms with van der Waals surface area (Å²) in [6.07, 6.45) is 6.75. The Morgan fingerprint density at radius 1 is 1.32 bits per heavy atom. The summed E-state index contributed by atoms with van der Waals surface area (Å²) in [4.78, 5) is 35.6. The molecule has 1 saturated carbocycles. The smallest absolute Gasteiger partial charge is 0.334 e. The van der Waals surface area contributed by atoms with Crippen LogP contribution in [0.3, 0.4) is 0 Å². The van der Waals surface area contributed by atoms with Crippen LogP contribution in [-0.2, 0) is 23.9 Å². The van der Waals surface area contributed by atoms with Gasteiger partial charge < -0.3 is 14.6 Å². The van der Waals surface area contributed by atoms with Gasteiger partial charge in [-0.05, 0) is 55.4 Å². The second-order valence-corrected chi connectivity index (χ2v) is 8.94. The van der Waals surface area contributed by atoms with E-state index in [1.807, 2.05) is 19.1 Å². The molecule has 2 aliphatic carbocycles. The molecule has 3 rings (SSSR count). The van der Waals surface area contributed by atoms with Gasteiger partial charge in [-0.2, -0.15) is 0 Å². The molecule has 0 aromatic rings. The fraction of sp³-hybridized carbons (Fsp3) is 0.682. The molecule has 0 spiro atoms. The number of carbonyl (C=O) groups is 3. The van der Waals surface area contributed by atoms with E-state index in [9.17, 15) is 19.5 Å². The Balaban J connectivity index is 1.97. The van der Waals surface area contributed by atoms with Gasteiger partial charge in [-0.1, -0.05) is 26.8 Å². The van der Waals surface area contributed by atoms with E-state index in [2.05, 4.69) is 13.8 Å². The minimum Gasteiger partial charge on any atom is -0.478 e. The van der Waals surface area contributed by atoms with Crippen molar-refractivity contribution in [3.63, 3.8) is 0 Å². The Hall–Kier alpha value is -2.11. The van der Waals surface area contributed by atoms with Gasteiger partial charge in [-0.3, -0.25) is 4.79 Å². The number of rotatable bonds is 5. The van der Waals surface area contributed by atoms with Gasteiger partial charge in [-0.25, -0.2) is 9.59 Å². The van der Waals surface area contributed by atoms with E-state index in [0.29, 0.717) is 30.6 Å². The lowest BCUT2D eigenvalue weighted by Crippen LogP contribution is -2.56. The summed E-state index contributed by atoms with van der Waals surface area (Å²) >= 11 is 0. The Morgan fingerprint density at radius 2 is 2.04 bits per heavy atom. The lowest BCUT2D eigenvalue weighted by Gasteiger charge is -2.59. The standard InChI is InChI=1S/C22H30O6/c1-13-17(28-14(2)23)12-22(4)16(19(24)25)6-5-7-18(22)21(13,3)10-8-15-9-11-27-20(15)26/h6,9,13,17-18H,5,7-8,10-12H2,1-4H3,(H,24,25)/t13-,17+,18-,21+,22+/m0/s1. The van der Waals surface area contributed by atoms with E-state index in [4.69, 9.17) is 9.47 Å². The van der Waals surface area contributed by atoms with Crippen molar-refractivity contribution in [1.29, 1.82) is 0 Å². The highest BCUT2D eigenvalue weighted by atomic mass is 16.5. The van der Waals surface area contributed by atoms with Crippen LogP contribution >= 0.6 is 0 Å². The first-order chi connectivity index (χ1) is 13.1. The first-order valence-corrected chi connectivity index (χ1v) is 10.1. The van der Waals surface area contributed by atoms with Crippen molar-refractivity contribution in [2.45, 2.75) is 65.9 Å². The number of hydrogen-bond acceptors (Lipinski definition) is 5. The molecule has 0 aromatic carbocycles. The second-order valence-electron chi connectivity index (χ2n) is 8.94. The SMILES string of the molecule is CC(=O)O[C@@H]1C[C@]2(C)C(C(=O)O)=CCC[C@H]2[C@](C)(CCC2=CCOC2=O)[C@H]1C. The molecule has 1 heterocycles. The topological polar surface area (TPSA) is 89.9 Å². The van der Waals surface area contributed by atoms with Crippen LogP contribution in [0.25, 0.3) is 0 Å². The van der Waals surface area contributed by atoms with Gasteiger partial charge in [0.15, 0.2) is 0 Å². The lowest BCUT2D eigenvalue weighted by molar-refractivity contribution is -0.171. The van der Waals surface area contributed by atoms with Crippen molar-refractivity contribution in [3.05, 3.63) is 23.3 Å². The maximum Gasteiger partial charge on any atom is 0.334 e. The predicted octanol–water partition coefficient (Wildman–Crippen LogP) is 3.65.